The highest BCUT2D eigenvalue weighted by atomic mass is 19.1. The molecule has 1 heterocycles. The molecule has 0 fully saturated rings. The third-order valence-corrected chi connectivity index (χ3v) is 2.61. The number of nitriles is 1. The second-order valence-corrected chi connectivity index (χ2v) is 3.83. The minimum absolute atomic E-state index is 0.294. The number of nitrogens with one attached hydrogen (secondary N) is 1. The molecule has 0 unspecified atom stereocenters. The summed E-state index contributed by atoms with van der Waals surface area (Å²) in [6, 6.07) is 9.82. The molecule has 0 saturated carbocycles. The summed E-state index contributed by atoms with van der Waals surface area (Å²) < 4.78 is 18.8. The van der Waals surface area contributed by atoms with Gasteiger partial charge in [-0.1, -0.05) is 6.07 Å². The van der Waals surface area contributed by atoms with Crippen molar-refractivity contribution in [2.75, 3.05) is 12.4 Å². The molecule has 2 aromatic rings. The maximum Gasteiger partial charge on any atom is 0.218 e. The van der Waals surface area contributed by atoms with Crippen LogP contribution >= 0.6 is 0 Å². The second kappa shape index (κ2) is 5.83. The summed E-state index contributed by atoms with van der Waals surface area (Å²) in [5.74, 6) is 0.0472. The van der Waals surface area contributed by atoms with Gasteiger partial charge in [0.05, 0.1) is 24.4 Å². The molecule has 2 rings (SSSR count). The topological polar surface area (TPSA) is 57.9 Å². The normalized spacial score (nSPS) is 9.74. The summed E-state index contributed by atoms with van der Waals surface area (Å²) >= 11 is 0. The number of hydrogen-bond donors (Lipinski definition) is 1. The number of anilines is 1. The lowest BCUT2D eigenvalue weighted by atomic mass is 10.2. The fourth-order valence-electron chi connectivity index (χ4n) is 1.66. The van der Waals surface area contributed by atoms with E-state index < -0.39 is 5.82 Å². The van der Waals surface area contributed by atoms with E-state index in [9.17, 15) is 4.39 Å². The van der Waals surface area contributed by atoms with E-state index in [2.05, 4.69) is 10.3 Å². The van der Waals surface area contributed by atoms with Crippen LogP contribution < -0.4 is 10.1 Å². The second-order valence-electron chi connectivity index (χ2n) is 3.83. The van der Waals surface area contributed by atoms with Crippen LogP contribution in [0.4, 0.5) is 10.1 Å². The number of aromatic nitrogens is 1. The van der Waals surface area contributed by atoms with E-state index in [0.717, 1.165) is 5.56 Å². The van der Waals surface area contributed by atoms with E-state index in [1.165, 1.54) is 19.2 Å². The number of halogens is 1. The minimum Gasteiger partial charge on any atom is -0.481 e. The van der Waals surface area contributed by atoms with Gasteiger partial charge >= 0.3 is 0 Å². The van der Waals surface area contributed by atoms with E-state index in [4.69, 9.17) is 10.00 Å². The zero-order valence-corrected chi connectivity index (χ0v) is 10.4. The molecule has 0 atom stereocenters. The number of rotatable bonds is 4. The van der Waals surface area contributed by atoms with Gasteiger partial charge in [-0.2, -0.15) is 5.26 Å². The lowest BCUT2D eigenvalue weighted by Crippen LogP contribution is -2.04. The number of benzene rings is 1. The molecule has 1 N–H and O–H groups in total. The lowest BCUT2D eigenvalue weighted by molar-refractivity contribution is 0.393. The average molecular weight is 257 g/mol. The molecule has 4 nitrogen and oxygen atoms in total. The molecular formula is C14H12FN3O. The molecule has 0 aliphatic heterocycles. The Balaban J connectivity index is 2.13. The molecule has 1 aromatic heterocycles. The zero-order valence-electron chi connectivity index (χ0n) is 10.4. The Morgan fingerprint density at radius 1 is 1.42 bits per heavy atom. The fourth-order valence-corrected chi connectivity index (χ4v) is 1.66. The summed E-state index contributed by atoms with van der Waals surface area (Å²) in [6.07, 6.45) is 1.63. The van der Waals surface area contributed by atoms with Crippen LogP contribution in [0.2, 0.25) is 0 Å². The van der Waals surface area contributed by atoms with Crippen LogP contribution in [-0.2, 0) is 6.54 Å². The van der Waals surface area contributed by atoms with Crippen molar-refractivity contribution < 1.29 is 9.13 Å². The molecule has 96 valence electrons. The summed E-state index contributed by atoms with van der Waals surface area (Å²) in [6.45, 7) is 0.389. The van der Waals surface area contributed by atoms with E-state index in [-0.39, 0.29) is 0 Å². The number of hydrogen-bond acceptors (Lipinski definition) is 4. The van der Waals surface area contributed by atoms with Gasteiger partial charge in [0.2, 0.25) is 5.88 Å². The maximum absolute atomic E-state index is 13.7. The first-order chi connectivity index (χ1) is 9.24. The molecule has 0 aliphatic rings. The first-order valence-corrected chi connectivity index (χ1v) is 5.66. The maximum atomic E-state index is 13.7. The quantitative estimate of drug-likeness (QED) is 0.914. The van der Waals surface area contributed by atoms with Crippen molar-refractivity contribution in [1.29, 1.82) is 5.26 Å². The van der Waals surface area contributed by atoms with Crippen molar-refractivity contribution in [3.63, 3.8) is 0 Å². The van der Waals surface area contributed by atoms with Gasteiger partial charge in [0.15, 0.2) is 0 Å². The Hall–Kier alpha value is -2.61. The van der Waals surface area contributed by atoms with Crippen LogP contribution in [0.5, 0.6) is 5.88 Å². The Bertz CT molecular complexity index is 622. The van der Waals surface area contributed by atoms with Gasteiger partial charge in [-0.3, -0.25) is 0 Å². The highest BCUT2D eigenvalue weighted by molar-refractivity contribution is 5.49. The zero-order chi connectivity index (χ0) is 13.7. The fraction of sp³-hybridized carbons (Fsp3) is 0.143. The summed E-state index contributed by atoms with van der Waals surface area (Å²) in [4.78, 5) is 4.06. The van der Waals surface area contributed by atoms with Gasteiger partial charge in [-0.05, 0) is 24.3 Å². The van der Waals surface area contributed by atoms with Crippen molar-refractivity contribution in [3.05, 3.63) is 53.5 Å². The molecule has 0 radical (unpaired) electrons. The number of nitrogens with zero attached hydrogens (tertiary/aromatic N) is 2. The first-order valence-electron chi connectivity index (χ1n) is 5.66. The highest BCUT2D eigenvalue weighted by Crippen LogP contribution is 2.19. The third kappa shape index (κ3) is 2.99. The van der Waals surface area contributed by atoms with Crippen LogP contribution in [0.3, 0.4) is 0 Å². The molecule has 19 heavy (non-hydrogen) atoms. The van der Waals surface area contributed by atoms with Gasteiger partial charge in [-0.15, -0.1) is 0 Å². The van der Waals surface area contributed by atoms with Crippen LogP contribution in [0.25, 0.3) is 0 Å². The van der Waals surface area contributed by atoms with Gasteiger partial charge in [-0.25, -0.2) is 9.37 Å². The summed E-state index contributed by atoms with van der Waals surface area (Å²) in [5.41, 5.74) is 1.46. The molecule has 1 aromatic carbocycles. The van der Waals surface area contributed by atoms with Crippen LogP contribution in [0.1, 0.15) is 11.1 Å². The summed E-state index contributed by atoms with van der Waals surface area (Å²) in [5, 5.41) is 11.6. The summed E-state index contributed by atoms with van der Waals surface area (Å²) in [7, 11) is 1.54. The SMILES string of the molecule is COc1ncccc1CNc1ccc(C#N)cc1F. The van der Waals surface area contributed by atoms with Crippen molar-refractivity contribution >= 4 is 5.69 Å². The largest absolute Gasteiger partial charge is 0.481 e. The van der Waals surface area contributed by atoms with Crippen LogP contribution in [0.15, 0.2) is 36.5 Å². The van der Waals surface area contributed by atoms with E-state index in [1.807, 2.05) is 12.1 Å². The molecule has 0 amide bonds. The predicted octanol–water partition coefficient (Wildman–Crippen LogP) is 2.71. The molecule has 5 heteroatoms. The highest BCUT2D eigenvalue weighted by Gasteiger charge is 2.06. The van der Waals surface area contributed by atoms with Gasteiger partial charge < -0.3 is 10.1 Å². The predicted molar refractivity (Wildman–Crippen MR) is 69.2 cm³/mol. The first kappa shape index (κ1) is 12.8. The Morgan fingerprint density at radius 3 is 2.95 bits per heavy atom. The Kier molecular flexibility index (Phi) is 3.94. The molecular weight excluding hydrogens is 245 g/mol. The number of methoxy groups -OCH3 is 1. The Morgan fingerprint density at radius 2 is 2.26 bits per heavy atom. The van der Waals surface area contributed by atoms with Gasteiger partial charge in [0.1, 0.15) is 5.82 Å². The monoisotopic (exact) mass is 257 g/mol. The number of ether oxygens (including phenoxy) is 1. The van der Waals surface area contributed by atoms with E-state index in [0.29, 0.717) is 23.7 Å². The molecule has 0 aliphatic carbocycles. The van der Waals surface area contributed by atoms with E-state index >= 15 is 0 Å². The van der Waals surface area contributed by atoms with Crippen LogP contribution in [-0.4, -0.2) is 12.1 Å². The minimum atomic E-state index is -0.457. The van der Waals surface area contributed by atoms with Crippen molar-refractivity contribution in [1.82, 2.24) is 4.98 Å². The van der Waals surface area contributed by atoms with Crippen molar-refractivity contribution in [3.8, 4) is 11.9 Å². The lowest BCUT2D eigenvalue weighted by Gasteiger charge is -2.10. The van der Waals surface area contributed by atoms with Crippen molar-refractivity contribution in [2.24, 2.45) is 0 Å². The molecule has 0 saturated heterocycles. The molecule has 0 spiro atoms. The van der Waals surface area contributed by atoms with E-state index in [1.54, 1.807) is 18.3 Å². The third-order valence-electron chi connectivity index (χ3n) is 2.61. The standard InChI is InChI=1S/C14H12FN3O/c1-19-14-11(3-2-6-17-14)9-18-13-5-4-10(8-16)7-12(13)15/h2-7,18H,9H2,1H3. The molecule has 0 bridgehead atoms. The average Bonchev–Trinajstić information content (AvgIpc) is 2.46. The van der Waals surface area contributed by atoms with Crippen LogP contribution in [0, 0.1) is 17.1 Å². The smallest absolute Gasteiger partial charge is 0.218 e. The van der Waals surface area contributed by atoms with Crippen molar-refractivity contribution in [2.45, 2.75) is 6.54 Å². The Labute approximate surface area is 110 Å². The van der Waals surface area contributed by atoms with Gasteiger partial charge in [0, 0.05) is 18.3 Å². The number of pyridine rings is 1. The van der Waals surface area contributed by atoms with Gasteiger partial charge in [0.25, 0.3) is 0 Å².